The lowest BCUT2D eigenvalue weighted by molar-refractivity contribution is 0.0998. The number of aromatic nitrogens is 2. The SMILES string of the molecule is Cc1ccc(C(=O)Nc2nnc(S(=O)(=O)Nc3ccccc3C(N)=O)s2)cc1. The van der Waals surface area contributed by atoms with Crippen LogP contribution in [0.4, 0.5) is 10.8 Å². The fraction of sp³-hybridized carbons (Fsp3) is 0.0588. The molecular formula is C17H15N5O4S2. The molecule has 2 aromatic carbocycles. The highest BCUT2D eigenvalue weighted by atomic mass is 32.2. The summed E-state index contributed by atoms with van der Waals surface area (Å²) in [5, 5.41) is 9.82. The Bertz CT molecular complexity index is 1140. The van der Waals surface area contributed by atoms with Crippen molar-refractivity contribution in [3.63, 3.8) is 0 Å². The molecule has 28 heavy (non-hydrogen) atoms. The normalized spacial score (nSPS) is 11.0. The number of aryl methyl sites for hydroxylation is 1. The number of primary amides is 1. The number of amides is 2. The van der Waals surface area contributed by atoms with Gasteiger partial charge < -0.3 is 5.73 Å². The van der Waals surface area contributed by atoms with Crippen molar-refractivity contribution in [3.8, 4) is 0 Å². The summed E-state index contributed by atoms with van der Waals surface area (Å²) in [6.45, 7) is 1.90. The van der Waals surface area contributed by atoms with Crippen molar-refractivity contribution in [1.29, 1.82) is 0 Å². The fourth-order valence-corrected chi connectivity index (χ4v) is 4.19. The van der Waals surface area contributed by atoms with Crippen molar-refractivity contribution in [2.24, 2.45) is 5.73 Å². The van der Waals surface area contributed by atoms with Gasteiger partial charge in [-0.15, -0.1) is 10.2 Å². The van der Waals surface area contributed by atoms with Crippen LogP contribution in [0.3, 0.4) is 0 Å². The van der Waals surface area contributed by atoms with Crippen LogP contribution < -0.4 is 15.8 Å². The van der Waals surface area contributed by atoms with E-state index < -0.39 is 21.8 Å². The predicted octanol–water partition coefficient (Wildman–Crippen LogP) is 2.00. The first-order valence-electron chi connectivity index (χ1n) is 7.89. The summed E-state index contributed by atoms with van der Waals surface area (Å²) in [5.41, 5.74) is 6.69. The molecule has 0 aliphatic rings. The molecule has 0 bridgehead atoms. The second kappa shape index (κ2) is 7.74. The number of para-hydroxylation sites is 1. The number of benzene rings is 2. The summed E-state index contributed by atoms with van der Waals surface area (Å²) in [6, 6.07) is 12.8. The van der Waals surface area contributed by atoms with Gasteiger partial charge in [-0.25, -0.2) is 0 Å². The lowest BCUT2D eigenvalue weighted by Crippen LogP contribution is -2.18. The maximum Gasteiger partial charge on any atom is 0.291 e. The molecular weight excluding hydrogens is 402 g/mol. The molecule has 0 radical (unpaired) electrons. The molecule has 0 aliphatic heterocycles. The number of nitrogens with zero attached hydrogens (tertiary/aromatic N) is 2. The van der Waals surface area contributed by atoms with E-state index in [0.717, 1.165) is 5.56 Å². The summed E-state index contributed by atoms with van der Waals surface area (Å²) in [5.74, 6) is -1.21. The topological polar surface area (TPSA) is 144 Å². The molecule has 0 spiro atoms. The zero-order valence-corrected chi connectivity index (χ0v) is 16.2. The van der Waals surface area contributed by atoms with Crippen LogP contribution in [0.25, 0.3) is 0 Å². The maximum absolute atomic E-state index is 12.5. The van der Waals surface area contributed by atoms with E-state index in [1.165, 1.54) is 12.1 Å². The number of sulfonamides is 1. The van der Waals surface area contributed by atoms with Gasteiger partial charge in [-0.3, -0.25) is 19.6 Å². The van der Waals surface area contributed by atoms with Crippen LogP contribution in [0.15, 0.2) is 52.9 Å². The van der Waals surface area contributed by atoms with Crippen molar-refractivity contribution in [3.05, 3.63) is 65.2 Å². The molecule has 0 atom stereocenters. The maximum atomic E-state index is 12.5. The Morgan fingerprint density at radius 3 is 2.39 bits per heavy atom. The summed E-state index contributed by atoms with van der Waals surface area (Å²) in [6.07, 6.45) is 0. The molecule has 9 nitrogen and oxygen atoms in total. The standard InChI is InChI=1S/C17H15N5O4S2/c1-10-6-8-11(9-7-10)15(24)19-16-20-21-17(27-16)28(25,26)22-13-5-3-2-4-12(13)14(18)23/h2-9,22H,1H3,(H2,18,23)(H,19,20,24). The van der Waals surface area contributed by atoms with Gasteiger partial charge in [0, 0.05) is 5.56 Å². The highest BCUT2D eigenvalue weighted by Gasteiger charge is 2.23. The Morgan fingerprint density at radius 1 is 1.04 bits per heavy atom. The Labute approximate surface area is 164 Å². The van der Waals surface area contributed by atoms with Crippen LogP contribution in [0.1, 0.15) is 26.3 Å². The average molecular weight is 417 g/mol. The number of rotatable bonds is 6. The minimum atomic E-state index is -4.12. The van der Waals surface area contributed by atoms with Gasteiger partial charge in [0.25, 0.3) is 26.2 Å². The quantitative estimate of drug-likeness (QED) is 0.523. The number of hydrogen-bond acceptors (Lipinski definition) is 7. The minimum Gasteiger partial charge on any atom is -0.366 e. The van der Waals surface area contributed by atoms with Crippen LogP contribution in [0.5, 0.6) is 0 Å². The number of nitrogens with two attached hydrogens (primary N) is 1. The van der Waals surface area contributed by atoms with E-state index in [4.69, 9.17) is 5.73 Å². The van der Waals surface area contributed by atoms with Gasteiger partial charge in [-0.05, 0) is 31.2 Å². The first-order chi connectivity index (χ1) is 13.3. The van der Waals surface area contributed by atoms with Crippen molar-refractivity contribution in [2.75, 3.05) is 10.0 Å². The predicted molar refractivity (Wildman–Crippen MR) is 105 cm³/mol. The molecule has 11 heteroatoms. The van der Waals surface area contributed by atoms with E-state index in [9.17, 15) is 18.0 Å². The van der Waals surface area contributed by atoms with Gasteiger partial charge >= 0.3 is 0 Å². The third-order valence-electron chi connectivity index (χ3n) is 3.61. The summed E-state index contributed by atoms with van der Waals surface area (Å²) >= 11 is 0.679. The number of hydrogen-bond donors (Lipinski definition) is 3. The van der Waals surface area contributed by atoms with E-state index >= 15 is 0 Å². The number of carbonyl (C=O) groups is 2. The van der Waals surface area contributed by atoms with Gasteiger partial charge in [0.15, 0.2) is 0 Å². The van der Waals surface area contributed by atoms with E-state index in [0.29, 0.717) is 16.9 Å². The average Bonchev–Trinajstić information content (AvgIpc) is 3.11. The zero-order chi connectivity index (χ0) is 20.3. The second-order valence-corrected chi connectivity index (χ2v) is 8.54. The monoisotopic (exact) mass is 417 g/mol. The molecule has 1 heterocycles. The second-order valence-electron chi connectivity index (χ2n) is 5.71. The van der Waals surface area contributed by atoms with Crippen LogP contribution in [0, 0.1) is 6.92 Å². The molecule has 3 aromatic rings. The van der Waals surface area contributed by atoms with Crippen LogP contribution in [-0.2, 0) is 10.0 Å². The van der Waals surface area contributed by atoms with Gasteiger partial charge in [0.05, 0.1) is 11.3 Å². The lowest BCUT2D eigenvalue weighted by atomic mass is 10.1. The lowest BCUT2D eigenvalue weighted by Gasteiger charge is -2.08. The van der Waals surface area contributed by atoms with Crippen LogP contribution in [-0.4, -0.2) is 30.4 Å². The molecule has 1 aromatic heterocycles. The molecule has 144 valence electrons. The Morgan fingerprint density at radius 2 is 1.71 bits per heavy atom. The summed E-state index contributed by atoms with van der Waals surface area (Å²) in [7, 11) is -4.12. The Kier molecular flexibility index (Phi) is 5.38. The van der Waals surface area contributed by atoms with Crippen molar-refractivity contribution in [1.82, 2.24) is 10.2 Å². The minimum absolute atomic E-state index is 0.0171. The molecule has 0 saturated heterocycles. The van der Waals surface area contributed by atoms with E-state index in [1.807, 2.05) is 6.92 Å². The highest BCUT2D eigenvalue weighted by molar-refractivity contribution is 7.94. The van der Waals surface area contributed by atoms with Gasteiger partial charge in [-0.2, -0.15) is 8.42 Å². The van der Waals surface area contributed by atoms with E-state index in [-0.39, 0.29) is 20.7 Å². The summed E-state index contributed by atoms with van der Waals surface area (Å²) in [4.78, 5) is 23.6. The number of carbonyl (C=O) groups excluding carboxylic acids is 2. The Balaban J connectivity index is 1.78. The fourth-order valence-electron chi connectivity index (χ4n) is 2.22. The molecule has 3 rings (SSSR count). The van der Waals surface area contributed by atoms with Gasteiger partial charge in [0.1, 0.15) is 0 Å². The first kappa shape index (κ1) is 19.5. The van der Waals surface area contributed by atoms with E-state index in [2.05, 4.69) is 20.2 Å². The number of anilines is 2. The van der Waals surface area contributed by atoms with Crippen LogP contribution in [0.2, 0.25) is 0 Å². The molecule has 0 aliphatic carbocycles. The highest BCUT2D eigenvalue weighted by Crippen LogP contribution is 2.24. The summed E-state index contributed by atoms with van der Waals surface area (Å²) < 4.78 is 26.9. The first-order valence-corrected chi connectivity index (χ1v) is 10.2. The van der Waals surface area contributed by atoms with Crippen molar-refractivity contribution >= 4 is 44.0 Å². The van der Waals surface area contributed by atoms with Crippen LogP contribution >= 0.6 is 11.3 Å². The van der Waals surface area contributed by atoms with Crippen molar-refractivity contribution < 1.29 is 18.0 Å². The molecule has 2 amide bonds. The van der Waals surface area contributed by atoms with E-state index in [1.54, 1.807) is 36.4 Å². The molecule has 0 fully saturated rings. The zero-order valence-electron chi connectivity index (χ0n) is 14.5. The third kappa shape index (κ3) is 4.32. The molecule has 0 unspecified atom stereocenters. The van der Waals surface area contributed by atoms with Crippen molar-refractivity contribution in [2.45, 2.75) is 11.3 Å². The molecule has 4 N–H and O–H groups in total. The molecule has 0 saturated carbocycles. The van der Waals surface area contributed by atoms with Gasteiger partial charge in [-0.1, -0.05) is 41.2 Å². The largest absolute Gasteiger partial charge is 0.366 e. The third-order valence-corrected chi connectivity index (χ3v) is 6.18. The number of nitrogens with one attached hydrogen (secondary N) is 2. The smallest absolute Gasteiger partial charge is 0.291 e. The van der Waals surface area contributed by atoms with Gasteiger partial charge in [0.2, 0.25) is 5.13 Å². The Hall–Kier alpha value is -3.31.